The molecule has 0 aromatic heterocycles. The second-order valence-electron chi connectivity index (χ2n) is 8.04. The van der Waals surface area contributed by atoms with Crippen molar-refractivity contribution in [2.45, 2.75) is 76.9 Å². The van der Waals surface area contributed by atoms with Crippen LogP contribution in [0, 0.1) is 23.7 Å². The van der Waals surface area contributed by atoms with Crippen molar-refractivity contribution in [1.82, 2.24) is 4.90 Å². The number of fused-ring (bicyclic) bond motifs is 2. The summed E-state index contributed by atoms with van der Waals surface area (Å²) in [4.78, 5) is 2.63. The van der Waals surface area contributed by atoms with E-state index in [-0.39, 0.29) is 0 Å². The smallest absolute Gasteiger partial charge is 0.00989 e. The fraction of sp³-hybridized carbons (Fsp3) is 1.00. The third-order valence-corrected chi connectivity index (χ3v) is 6.44. The average molecular weight is 264 g/mol. The molecule has 2 nitrogen and oxygen atoms in total. The monoisotopic (exact) mass is 264 g/mol. The van der Waals surface area contributed by atoms with Crippen LogP contribution in [0.4, 0.5) is 0 Å². The molecule has 3 aliphatic rings. The maximum Gasteiger partial charge on any atom is 0.00989 e. The largest absolute Gasteiger partial charge is 0.327 e. The quantitative estimate of drug-likeness (QED) is 0.829. The first-order valence-electron chi connectivity index (χ1n) is 8.52. The molecular formula is C17H32N2. The second-order valence-corrected chi connectivity index (χ2v) is 8.04. The van der Waals surface area contributed by atoms with E-state index in [1.165, 1.54) is 44.9 Å². The molecule has 2 bridgehead atoms. The highest BCUT2D eigenvalue weighted by Gasteiger charge is 2.42. The van der Waals surface area contributed by atoms with Gasteiger partial charge in [-0.05, 0) is 75.7 Å². The van der Waals surface area contributed by atoms with Gasteiger partial charge in [-0.2, -0.15) is 0 Å². The lowest BCUT2D eigenvalue weighted by Crippen LogP contribution is -2.49. The molecule has 3 rings (SSSR count). The van der Waals surface area contributed by atoms with Crippen LogP contribution in [0.25, 0.3) is 0 Å². The van der Waals surface area contributed by atoms with Gasteiger partial charge in [0.2, 0.25) is 0 Å². The van der Waals surface area contributed by atoms with E-state index in [2.05, 4.69) is 25.8 Å². The predicted octanol–water partition coefficient (Wildman–Crippen LogP) is 3.26. The van der Waals surface area contributed by atoms with Crippen LogP contribution in [0.15, 0.2) is 0 Å². The summed E-state index contributed by atoms with van der Waals surface area (Å²) in [6.07, 6.45) is 9.76. The van der Waals surface area contributed by atoms with Gasteiger partial charge in [-0.3, -0.25) is 0 Å². The molecule has 0 aromatic carbocycles. The number of rotatable bonds is 2. The van der Waals surface area contributed by atoms with E-state index in [1.54, 1.807) is 0 Å². The highest BCUT2D eigenvalue weighted by atomic mass is 15.2. The molecule has 2 heteroatoms. The van der Waals surface area contributed by atoms with Crippen LogP contribution in [0.5, 0.6) is 0 Å². The van der Waals surface area contributed by atoms with Crippen LogP contribution in [0.3, 0.4) is 0 Å². The van der Waals surface area contributed by atoms with Gasteiger partial charge in [0.25, 0.3) is 0 Å². The van der Waals surface area contributed by atoms with E-state index >= 15 is 0 Å². The number of hydrogen-bond donors (Lipinski definition) is 1. The van der Waals surface area contributed by atoms with E-state index in [4.69, 9.17) is 5.73 Å². The van der Waals surface area contributed by atoms with Crippen molar-refractivity contribution >= 4 is 0 Å². The zero-order valence-corrected chi connectivity index (χ0v) is 13.0. The summed E-state index contributed by atoms with van der Waals surface area (Å²) in [7, 11) is 2.33. The first kappa shape index (κ1) is 13.9. The molecule has 2 aliphatic heterocycles. The standard InChI is InChI=1S/C17H32N2/c1-11-6-12(2)8-13(7-11)17(18)14-9-15-4-5-16(10-14)19(15)3/h11-17H,4-10,18H2,1-3H3. The van der Waals surface area contributed by atoms with E-state index in [1.807, 2.05) is 0 Å². The van der Waals surface area contributed by atoms with Crippen LogP contribution < -0.4 is 5.73 Å². The Labute approximate surface area is 119 Å². The predicted molar refractivity (Wildman–Crippen MR) is 80.9 cm³/mol. The fourth-order valence-electron chi connectivity index (χ4n) is 5.48. The van der Waals surface area contributed by atoms with E-state index in [0.29, 0.717) is 6.04 Å². The van der Waals surface area contributed by atoms with Crippen molar-refractivity contribution in [3.05, 3.63) is 0 Å². The topological polar surface area (TPSA) is 29.3 Å². The molecule has 0 amide bonds. The van der Waals surface area contributed by atoms with Gasteiger partial charge in [0, 0.05) is 18.1 Å². The van der Waals surface area contributed by atoms with Crippen molar-refractivity contribution < 1.29 is 0 Å². The Morgan fingerprint density at radius 1 is 0.842 bits per heavy atom. The number of nitrogens with zero attached hydrogens (tertiary/aromatic N) is 1. The number of nitrogens with two attached hydrogens (primary N) is 1. The second kappa shape index (κ2) is 5.37. The van der Waals surface area contributed by atoms with Gasteiger partial charge in [-0.25, -0.2) is 0 Å². The lowest BCUT2D eigenvalue weighted by atomic mass is 9.69. The Kier molecular flexibility index (Phi) is 3.92. The normalized spacial score (nSPS) is 49.3. The molecule has 110 valence electrons. The third-order valence-electron chi connectivity index (χ3n) is 6.44. The molecule has 3 fully saturated rings. The molecule has 19 heavy (non-hydrogen) atoms. The molecule has 0 aromatic rings. The molecule has 0 radical (unpaired) electrons. The molecule has 5 unspecified atom stereocenters. The van der Waals surface area contributed by atoms with Gasteiger partial charge in [0.05, 0.1) is 0 Å². The minimum Gasteiger partial charge on any atom is -0.327 e. The minimum atomic E-state index is 0.474. The SMILES string of the molecule is CC1CC(C)CC(C(N)C2CC3CCC(C2)N3C)C1. The molecule has 2 N–H and O–H groups in total. The molecule has 1 saturated carbocycles. The summed E-state index contributed by atoms with van der Waals surface area (Å²) in [5.74, 6) is 3.38. The molecule has 2 heterocycles. The van der Waals surface area contributed by atoms with Crippen molar-refractivity contribution in [3.8, 4) is 0 Å². The third kappa shape index (κ3) is 2.71. The Morgan fingerprint density at radius 3 is 1.84 bits per heavy atom. The van der Waals surface area contributed by atoms with Crippen LogP contribution in [-0.2, 0) is 0 Å². The van der Waals surface area contributed by atoms with Crippen molar-refractivity contribution in [2.75, 3.05) is 7.05 Å². The highest BCUT2D eigenvalue weighted by Crippen LogP contribution is 2.42. The summed E-state index contributed by atoms with van der Waals surface area (Å²) in [6.45, 7) is 4.85. The summed E-state index contributed by atoms with van der Waals surface area (Å²) in [6, 6.07) is 2.16. The van der Waals surface area contributed by atoms with Crippen LogP contribution in [-0.4, -0.2) is 30.1 Å². The van der Waals surface area contributed by atoms with Gasteiger partial charge < -0.3 is 10.6 Å². The zero-order valence-electron chi connectivity index (χ0n) is 13.0. The first-order valence-corrected chi connectivity index (χ1v) is 8.52. The summed E-state index contributed by atoms with van der Waals surface area (Å²) in [5, 5.41) is 0. The van der Waals surface area contributed by atoms with Gasteiger partial charge >= 0.3 is 0 Å². The summed E-state index contributed by atoms with van der Waals surface area (Å²) >= 11 is 0. The summed E-state index contributed by atoms with van der Waals surface area (Å²) in [5.41, 5.74) is 6.73. The zero-order chi connectivity index (χ0) is 13.6. The summed E-state index contributed by atoms with van der Waals surface area (Å²) < 4.78 is 0. The van der Waals surface area contributed by atoms with Gasteiger partial charge in [0.15, 0.2) is 0 Å². The molecule has 5 atom stereocenters. The van der Waals surface area contributed by atoms with Crippen LogP contribution in [0.1, 0.15) is 58.8 Å². The van der Waals surface area contributed by atoms with E-state index in [0.717, 1.165) is 35.8 Å². The van der Waals surface area contributed by atoms with Gasteiger partial charge in [-0.1, -0.05) is 13.8 Å². The maximum atomic E-state index is 6.73. The van der Waals surface area contributed by atoms with E-state index in [9.17, 15) is 0 Å². The van der Waals surface area contributed by atoms with Gasteiger partial charge in [-0.15, -0.1) is 0 Å². The van der Waals surface area contributed by atoms with Crippen molar-refractivity contribution in [2.24, 2.45) is 29.4 Å². The van der Waals surface area contributed by atoms with Gasteiger partial charge in [0.1, 0.15) is 0 Å². The average Bonchev–Trinajstić information content (AvgIpc) is 2.60. The van der Waals surface area contributed by atoms with E-state index < -0.39 is 0 Å². The number of hydrogen-bond acceptors (Lipinski definition) is 2. The van der Waals surface area contributed by atoms with Crippen LogP contribution in [0.2, 0.25) is 0 Å². The lowest BCUT2D eigenvalue weighted by Gasteiger charge is -2.43. The maximum absolute atomic E-state index is 6.73. The lowest BCUT2D eigenvalue weighted by molar-refractivity contribution is 0.0862. The molecular weight excluding hydrogens is 232 g/mol. The Hall–Kier alpha value is -0.0800. The Balaban J connectivity index is 1.63. The minimum absolute atomic E-state index is 0.474. The first-order chi connectivity index (χ1) is 9.04. The highest BCUT2D eigenvalue weighted by molar-refractivity contribution is 4.98. The molecule has 2 saturated heterocycles. The van der Waals surface area contributed by atoms with Crippen molar-refractivity contribution in [3.63, 3.8) is 0 Å². The fourth-order valence-corrected chi connectivity index (χ4v) is 5.48. The number of piperidine rings is 1. The van der Waals surface area contributed by atoms with Crippen LogP contribution >= 0.6 is 0 Å². The Bertz CT molecular complexity index is 292. The molecule has 0 spiro atoms. The van der Waals surface area contributed by atoms with Crippen molar-refractivity contribution in [1.29, 1.82) is 0 Å². The molecule has 1 aliphatic carbocycles. The Morgan fingerprint density at radius 2 is 1.32 bits per heavy atom.